The number of rotatable bonds is 10. The van der Waals surface area contributed by atoms with Crippen molar-refractivity contribution >= 4 is 17.4 Å². The minimum absolute atomic E-state index is 0.0770. The minimum Gasteiger partial charge on any atom is -0.390 e. The highest BCUT2D eigenvalue weighted by Gasteiger charge is 2.17. The average molecular weight is 460 g/mol. The van der Waals surface area contributed by atoms with Gasteiger partial charge in [-0.25, -0.2) is 4.98 Å². The van der Waals surface area contributed by atoms with Gasteiger partial charge in [0.2, 0.25) is 0 Å². The predicted molar refractivity (Wildman–Crippen MR) is 130 cm³/mol. The van der Waals surface area contributed by atoms with E-state index in [2.05, 4.69) is 58.1 Å². The minimum atomic E-state index is -0.396. The molecule has 1 N–H and O–H groups in total. The van der Waals surface area contributed by atoms with Crippen LogP contribution in [0.25, 0.3) is 0 Å². The number of nitro benzene ring substituents is 1. The molecule has 0 unspecified atom stereocenters. The van der Waals surface area contributed by atoms with Gasteiger partial charge in [0.05, 0.1) is 23.4 Å². The molecule has 0 bridgehead atoms. The van der Waals surface area contributed by atoms with Gasteiger partial charge in [-0.05, 0) is 23.1 Å². The molecule has 4 rings (SSSR count). The molecule has 4 aromatic rings. The van der Waals surface area contributed by atoms with E-state index >= 15 is 0 Å². The number of imidazole rings is 1. The average Bonchev–Trinajstić information content (AvgIpc) is 3.26. The molecule has 1 heterocycles. The zero-order valence-corrected chi connectivity index (χ0v) is 18.9. The highest BCUT2D eigenvalue weighted by atomic mass is 32.2. The molecular formula is C26H25N3O3S. The number of hydrogen-bond donors (Lipinski definition) is 1. The molecule has 0 aliphatic heterocycles. The normalized spacial score (nSPS) is 11.1. The number of nitro groups is 1. The van der Waals surface area contributed by atoms with E-state index in [1.807, 2.05) is 12.1 Å². The maximum atomic E-state index is 10.9. The van der Waals surface area contributed by atoms with Gasteiger partial charge in [0.1, 0.15) is 0 Å². The summed E-state index contributed by atoms with van der Waals surface area (Å²) in [4.78, 5) is 15.0. The van der Waals surface area contributed by atoms with Crippen LogP contribution in [0.2, 0.25) is 0 Å². The fourth-order valence-corrected chi connectivity index (χ4v) is 4.87. The van der Waals surface area contributed by atoms with Crippen LogP contribution in [0.3, 0.4) is 0 Å². The van der Waals surface area contributed by atoms with Crippen LogP contribution < -0.4 is 0 Å². The van der Waals surface area contributed by atoms with Crippen molar-refractivity contribution in [2.75, 3.05) is 0 Å². The second-order valence-electron chi connectivity index (χ2n) is 7.72. The third-order valence-electron chi connectivity index (χ3n) is 5.62. The lowest BCUT2D eigenvalue weighted by Crippen LogP contribution is -2.10. The van der Waals surface area contributed by atoms with Crippen LogP contribution in [0, 0.1) is 10.1 Å². The van der Waals surface area contributed by atoms with Gasteiger partial charge < -0.3 is 9.67 Å². The SMILES string of the molecule is O=[N+]([O-])c1ccc(CSc2ncc(CO)n2CCC(c2ccccc2)c2ccccc2)cc1. The standard InChI is InChI=1S/C26H25N3O3S/c30-18-24-17-27-26(33-19-20-11-13-23(14-12-20)29(31)32)28(24)16-15-25(21-7-3-1-4-8-21)22-9-5-2-6-10-22/h1-14,17,25,30H,15-16,18-19H2. The van der Waals surface area contributed by atoms with Gasteiger partial charge in [0, 0.05) is 30.3 Å². The summed E-state index contributed by atoms with van der Waals surface area (Å²) in [5.41, 5.74) is 4.36. The monoisotopic (exact) mass is 459 g/mol. The van der Waals surface area contributed by atoms with Gasteiger partial charge in [0.25, 0.3) is 5.69 Å². The number of hydrogen-bond acceptors (Lipinski definition) is 5. The second-order valence-corrected chi connectivity index (χ2v) is 8.66. The van der Waals surface area contributed by atoms with Gasteiger partial charge in [-0.2, -0.15) is 0 Å². The molecular weight excluding hydrogens is 434 g/mol. The van der Waals surface area contributed by atoms with E-state index in [0.29, 0.717) is 12.3 Å². The summed E-state index contributed by atoms with van der Waals surface area (Å²) in [6, 6.07) is 27.5. The number of aliphatic hydroxyl groups is 1. The number of benzene rings is 3. The molecule has 1 aromatic heterocycles. The molecule has 0 amide bonds. The smallest absolute Gasteiger partial charge is 0.269 e. The first-order chi connectivity index (χ1) is 16.2. The van der Waals surface area contributed by atoms with E-state index in [4.69, 9.17) is 0 Å². The van der Waals surface area contributed by atoms with E-state index in [9.17, 15) is 15.2 Å². The summed E-state index contributed by atoms with van der Waals surface area (Å²) >= 11 is 1.56. The Morgan fingerprint density at radius 1 is 0.939 bits per heavy atom. The summed E-state index contributed by atoms with van der Waals surface area (Å²) in [6.45, 7) is 0.638. The Balaban J connectivity index is 1.51. The Bertz CT molecular complexity index is 1140. The molecule has 7 heteroatoms. The fourth-order valence-electron chi connectivity index (χ4n) is 3.89. The summed E-state index contributed by atoms with van der Waals surface area (Å²) in [6.07, 6.45) is 2.58. The first kappa shape index (κ1) is 22.8. The Labute approximate surface area is 197 Å². The number of thioether (sulfide) groups is 1. The Hall–Kier alpha value is -3.42. The summed E-state index contributed by atoms with van der Waals surface area (Å²) < 4.78 is 2.08. The fraction of sp³-hybridized carbons (Fsp3) is 0.192. The lowest BCUT2D eigenvalue weighted by atomic mass is 9.88. The Morgan fingerprint density at radius 3 is 2.09 bits per heavy atom. The summed E-state index contributed by atoms with van der Waals surface area (Å²) in [7, 11) is 0. The number of aromatic nitrogens is 2. The molecule has 0 spiro atoms. The molecule has 0 saturated carbocycles. The highest BCUT2D eigenvalue weighted by Crippen LogP contribution is 2.30. The van der Waals surface area contributed by atoms with Gasteiger partial charge in [-0.3, -0.25) is 10.1 Å². The van der Waals surface area contributed by atoms with Crippen molar-refractivity contribution in [1.29, 1.82) is 0 Å². The topological polar surface area (TPSA) is 81.2 Å². The van der Waals surface area contributed by atoms with Gasteiger partial charge in [-0.15, -0.1) is 0 Å². The van der Waals surface area contributed by atoms with E-state index in [1.54, 1.807) is 30.1 Å². The molecule has 0 aliphatic carbocycles. The largest absolute Gasteiger partial charge is 0.390 e. The van der Waals surface area contributed by atoms with Crippen molar-refractivity contribution in [2.45, 2.75) is 36.4 Å². The molecule has 0 radical (unpaired) electrons. The summed E-state index contributed by atoms with van der Waals surface area (Å²) in [5.74, 6) is 0.870. The van der Waals surface area contributed by atoms with Crippen molar-refractivity contribution in [3.8, 4) is 0 Å². The summed E-state index contributed by atoms with van der Waals surface area (Å²) in [5, 5.41) is 21.6. The Morgan fingerprint density at radius 2 is 1.55 bits per heavy atom. The van der Waals surface area contributed by atoms with Crippen molar-refractivity contribution in [1.82, 2.24) is 9.55 Å². The zero-order chi connectivity index (χ0) is 23.0. The van der Waals surface area contributed by atoms with Crippen LogP contribution >= 0.6 is 11.8 Å². The lowest BCUT2D eigenvalue weighted by Gasteiger charge is -2.20. The number of aliphatic hydroxyl groups excluding tert-OH is 1. The van der Waals surface area contributed by atoms with Gasteiger partial charge in [0.15, 0.2) is 5.16 Å². The van der Waals surface area contributed by atoms with E-state index < -0.39 is 4.92 Å². The molecule has 0 aliphatic rings. The molecule has 6 nitrogen and oxygen atoms in total. The molecule has 0 saturated heterocycles. The molecule has 168 valence electrons. The van der Waals surface area contributed by atoms with Gasteiger partial charge in [-0.1, -0.05) is 84.6 Å². The van der Waals surface area contributed by atoms with Crippen LogP contribution in [0.15, 0.2) is 96.3 Å². The quantitative estimate of drug-likeness (QED) is 0.184. The molecule has 33 heavy (non-hydrogen) atoms. The van der Waals surface area contributed by atoms with Crippen molar-refractivity contribution in [2.24, 2.45) is 0 Å². The maximum absolute atomic E-state index is 10.9. The lowest BCUT2D eigenvalue weighted by molar-refractivity contribution is -0.384. The van der Waals surface area contributed by atoms with Crippen LogP contribution in [-0.4, -0.2) is 19.6 Å². The van der Waals surface area contributed by atoms with E-state index in [1.165, 1.54) is 23.3 Å². The number of non-ortho nitro benzene ring substituents is 1. The predicted octanol–water partition coefficient (Wildman–Crippen LogP) is 5.80. The van der Waals surface area contributed by atoms with Crippen molar-refractivity contribution in [3.05, 3.63) is 124 Å². The Kier molecular flexibility index (Phi) is 7.55. The molecule has 0 fully saturated rings. The van der Waals surface area contributed by atoms with Crippen molar-refractivity contribution in [3.63, 3.8) is 0 Å². The van der Waals surface area contributed by atoms with Crippen LogP contribution in [-0.2, 0) is 18.9 Å². The molecule has 3 aromatic carbocycles. The third kappa shape index (κ3) is 5.69. The first-order valence-electron chi connectivity index (χ1n) is 10.8. The van der Waals surface area contributed by atoms with Crippen molar-refractivity contribution < 1.29 is 10.0 Å². The maximum Gasteiger partial charge on any atom is 0.269 e. The van der Waals surface area contributed by atoms with Crippen LogP contribution in [0.1, 0.15) is 34.7 Å². The van der Waals surface area contributed by atoms with Gasteiger partial charge >= 0.3 is 0 Å². The second kappa shape index (κ2) is 10.9. The first-order valence-corrected chi connectivity index (χ1v) is 11.8. The highest BCUT2D eigenvalue weighted by molar-refractivity contribution is 7.98. The molecule has 0 atom stereocenters. The van der Waals surface area contributed by atoms with E-state index in [0.717, 1.165) is 22.8 Å². The van der Waals surface area contributed by atoms with Crippen LogP contribution in [0.4, 0.5) is 5.69 Å². The van der Waals surface area contributed by atoms with Crippen LogP contribution in [0.5, 0.6) is 0 Å². The van der Waals surface area contributed by atoms with E-state index in [-0.39, 0.29) is 18.2 Å². The zero-order valence-electron chi connectivity index (χ0n) is 18.1. The third-order valence-corrected chi connectivity index (χ3v) is 6.69. The number of nitrogens with zero attached hydrogens (tertiary/aromatic N) is 3.